The monoisotopic (exact) mass is 339 g/mol. The van der Waals surface area contributed by atoms with E-state index in [1.807, 2.05) is 13.1 Å². The summed E-state index contributed by atoms with van der Waals surface area (Å²) in [6.07, 6.45) is 5.03. The van der Waals surface area contributed by atoms with Gasteiger partial charge in [-0.05, 0) is 29.8 Å². The molecule has 2 aromatic rings. The van der Waals surface area contributed by atoms with Crippen LogP contribution in [0.5, 0.6) is 0 Å². The van der Waals surface area contributed by atoms with Crippen LogP contribution in [0, 0.1) is 0 Å². The lowest BCUT2D eigenvalue weighted by atomic mass is 10.5. The van der Waals surface area contributed by atoms with Crippen molar-refractivity contribution < 1.29 is 9.53 Å². The highest BCUT2D eigenvalue weighted by Crippen LogP contribution is 2.22. The number of ether oxygens (including phenoxy) is 1. The average Bonchev–Trinajstić information content (AvgIpc) is 2.89. The fourth-order valence-electron chi connectivity index (χ4n) is 1.49. The molecule has 0 radical (unpaired) electrons. The van der Waals surface area contributed by atoms with Crippen LogP contribution < -0.4 is 5.32 Å². The van der Waals surface area contributed by atoms with Crippen LogP contribution in [0.15, 0.2) is 23.1 Å². The number of hydrogen-bond acceptors (Lipinski definition) is 6. The molecule has 20 heavy (non-hydrogen) atoms. The van der Waals surface area contributed by atoms with Crippen molar-refractivity contribution in [2.45, 2.75) is 20.4 Å². The first kappa shape index (κ1) is 14.4. The molecular formula is C12H14BrN5O2. The zero-order chi connectivity index (χ0) is 14.5. The lowest BCUT2D eigenvalue weighted by Crippen LogP contribution is -2.11. The molecule has 0 saturated carbocycles. The summed E-state index contributed by atoms with van der Waals surface area (Å²) >= 11 is 3.33. The quantitative estimate of drug-likeness (QED) is 0.842. The molecule has 106 valence electrons. The average molecular weight is 340 g/mol. The molecule has 8 heteroatoms. The summed E-state index contributed by atoms with van der Waals surface area (Å²) in [5, 5.41) is 7.23. The molecule has 7 nitrogen and oxygen atoms in total. The molecule has 0 aliphatic heterocycles. The van der Waals surface area contributed by atoms with Gasteiger partial charge in [0, 0.05) is 18.9 Å². The number of anilines is 2. The van der Waals surface area contributed by atoms with Gasteiger partial charge in [0.1, 0.15) is 5.82 Å². The molecule has 0 aliphatic carbocycles. The second-order valence-electron chi connectivity index (χ2n) is 3.82. The Morgan fingerprint density at radius 2 is 2.25 bits per heavy atom. The van der Waals surface area contributed by atoms with Gasteiger partial charge in [-0.15, -0.1) is 0 Å². The van der Waals surface area contributed by atoms with Crippen LogP contribution >= 0.6 is 15.9 Å². The predicted molar refractivity (Wildman–Crippen MR) is 76.9 cm³/mol. The van der Waals surface area contributed by atoms with Gasteiger partial charge in [-0.3, -0.25) is 4.68 Å². The van der Waals surface area contributed by atoms with Crippen molar-refractivity contribution in [3.05, 3.63) is 28.9 Å². The number of nitrogens with zero attached hydrogens (tertiary/aromatic N) is 4. The fourth-order valence-corrected chi connectivity index (χ4v) is 1.78. The molecule has 0 saturated heterocycles. The van der Waals surface area contributed by atoms with Crippen LogP contribution in [-0.2, 0) is 11.3 Å². The van der Waals surface area contributed by atoms with Crippen molar-refractivity contribution in [2.75, 3.05) is 11.9 Å². The Morgan fingerprint density at radius 1 is 1.45 bits per heavy atom. The van der Waals surface area contributed by atoms with Crippen LogP contribution in [0.4, 0.5) is 11.5 Å². The first-order chi connectivity index (χ1) is 9.63. The Hall–Kier alpha value is -1.96. The zero-order valence-electron chi connectivity index (χ0n) is 11.1. The van der Waals surface area contributed by atoms with Crippen molar-refractivity contribution in [2.24, 2.45) is 0 Å². The van der Waals surface area contributed by atoms with E-state index in [1.165, 1.54) is 6.20 Å². The fraction of sp³-hybridized carbons (Fsp3) is 0.333. The zero-order valence-corrected chi connectivity index (χ0v) is 12.7. The van der Waals surface area contributed by atoms with Gasteiger partial charge >= 0.3 is 5.97 Å². The van der Waals surface area contributed by atoms with Crippen molar-refractivity contribution in [1.29, 1.82) is 0 Å². The van der Waals surface area contributed by atoms with E-state index in [4.69, 9.17) is 4.74 Å². The topological polar surface area (TPSA) is 81.9 Å². The lowest BCUT2D eigenvalue weighted by molar-refractivity contribution is 0.0512. The first-order valence-electron chi connectivity index (χ1n) is 6.13. The first-order valence-corrected chi connectivity index (χ1v) is 6.92. The van der Waals surface area contributed by atoms with Crippen LogP contribution in [0.2, 0.25) is 0 Å². The summed E-state index contributed by atoms with van der Waals surface area (Å²) in [7, 11) is 0. The molecule has 0 fully saturated rings. The smallest absolute Gasteiger partial charge is 0.376 e. The SMILES string of the molecule is CCOC(=O)c1ncc(Br)c(Nc2cnn(CC)c2)n1. The standard InChI is InChI=1S/C12H14BrN5O2/c1-3-18-7-8(5-15-18)16-10-9(13)6-14-11(17-10)12(19)20-4-2/h5-7H,3-4H2,1-2H3,(H,14,16,17). The normalized spacial score (nSPS) is 10.3. The largest absolute Gasteiger partial charge is 0.460 e. The number of carbonyl (C=O) groups excluding carboxylic acids is 1. The number of carbonyl (C=O) groups is 1. The second kappa shape index (κ2) is 6.47. The molecule has 0 spiro atoms. The van der Waals surface area contributed by atoms with Crippen molar-refractivity contribution >= 4 is 33.4 Å². The number of aromatic nitrogens is 4. The molecule has 0 aromatic carbocycles. The number of hydrogen-bond donors (Lipinski definition) is 1. The summed E-state index contributed by atoms with van der Waals surface area (Å²) in [6.45, 7) is 4.79. The van der Waals surface area contributed by atoms with Crippen LogP contribution in [0.1, 0.15) is 24.5 Å². The van der Waals surface area contributed by atoms with Crippen LogP contribution in [0.3, 0.4) is 0 Å². The summed E-state index contributed by atoms with van der Waals surface area (Å²) < 4.78 is 7.30. The van der Waals surface area contributed by atoms with Gasteiger partial charge in [0.15, 0.2) is 0 Å². The molecule has 0 bridgehead atoms. The minimum atomic E-state index is -0.549. The lowest BCUT2D eigenvalue weighted by Gasteiger charge is -2.06. The van der Waals surface area contributed by atoms with Gasteiger partial charge in [0.05, 0.1) is 23.0 Å². The Kier molecular flexibility index (Phi) is 4.67. The van der Waals surface area contributed by atoms with Gasteiger partial charge in [0.2, 0.25) is 5.82 Å². The van der Waals surface area contributed by atoms with E-state index < -0.39 is 5.97 Å². The van der Waals surface area contributed by atoms with E-state index in [2.05, 4.69) is 36.3 Å². The highest BCUT2D eigenvalue weighted by Gasteiger charge is 2.13. The van der Waals surface area contributed by atoms with E-state index in [0.717, 1.165) is 12.2 Å². The Bertz CT molecular complexity index is 614. The van der Waals surface area contributed by atoms with Gasteiger partial charge in [-0.1, -0.05) is 0 Å². The van der Waals surface area contributed by atoms with Crippen molar-refractivity contribution in [3.63, 3.8) is 0 Å². The summed E-state index contributed by atoms with van der Waals surface area (Å²) in [5.41, 5.74) is 0.779. The summed E-state index contributed by atoms with van der Waals surface area (Å²) in [4.78, 5) is 19.7. The van der Waals surface area contributed by atoms with Crippen LogP contribution in [0.25, 0.3) is 0 Å². The molecule has 0 atom stereocenters. The van der Waals surface area contributed by atoms with E-state index in [9.17, 15) is 4.79 Å². The number of halogens is 1. The third-order valence-corrected chi connectivity index (χ3v) is 3.00. The Balaban J connectivity index is 2.22. The number of aryl methyl sites for hydroxylation is 1. The molecule has 0 aliphatic rings. The molecule has 1 N–H and O–H groups in total. The van der Waals surface area contributed by atoms with Crippen molar-refractivity contribution in [3.8, 4) is 0 Å². The predicted octanol–water partition coefficient (Wildman–Crippen LogP) is 2.38. The van der Waals surface area contributed by atoms with Gasteiger partial charge in [-0.2, -0.15) is 5.10 Å². The minimum absolute atomic E-state index is 0.0143. The van der Waals surface area contributed by atoms with Gasteiger partial charge < -0.3 is 10.1 Å². The Labute approximate surface area is 124 Å². The maximum Gasteiger partial charge on any atom is 0.376 e. The highest BCUT2D eigenvalue weighted by molar-refractivity contribution is 9.10. The molecule has 0 amide bonds. The summed E-state index contributed by atoms with van der Waals surface area (Å²) in [6, 6.07) is 0. The van der Waals surface area contributed by atoms with E-state index in [1.54, 1.807) is 17.8 Å². The Morgan fingerprint density at radius 3 is 2.90 bits per heavy atom. The van der Waals surface area contributed by atoms with Gasteiger partial charge in [-0.25, -0.2) is 14.8 Å². The summed E-state index contributed by atoms with van der Waals surface area (Å²) in [5.74, 6) is -0.0496. The maximum atomic E-state index is 11.6. The molecule has 2 aromatic heterocycles. The molecular weight excluding hydrogens is 326 g/mol. The number of esters is 1. The van der Waals surface area contributed by atoms with Gasteiger partial charge in [0.25, 0.3) is 0 Å². The molecule has 2 heterocycles. The third-order valence-electron chi connectivity index (χ3n) is 2.42. The molecule has 2 rings (SSSR count). The minimum Gasteiger partial charge on any atom is -0.460 e. The van der Waals surface area contributed by atoms with Crippen molar-refractivity contribution in [1.82, 2.24) is 19.7 Å². The van der Waals surface area contributed by atoms with E-state index in [0.29, 0.717) is 10.3 Å². The second-order valence-corrected chi connectivity index (χ2v) is 4.67. The highest BCUT2D eigenvalue weighted by atomic mass is 79.9. The maximum absolute atomic E-state index is 11.6. The van der Waals surface area contributed by atoms with Crippen LogP contribution in [-0.4, -0.2) is 32.3 Å². The molecule has 0 unspecified atom stereocenters. The number of nitrogens with one attached hydrogen (secondary N) is 1. The van der Waals surface area contributed by atoms with E-state index >= 15 is 0 Å². The van der Waals surface area contributed by atoms with E-state index in [-0.39, 0.29) is 12.4 Å². The third kappa shape index (κ3) is 3.32. The number of rotatable bonds is 5.